The molecule has 112 valence electrons. The topological polar surface area (TPSA) is 12.4 Å². The van der Waals surface area contributed by atoms with Crippen LogP contribution in [0.4, 0.5) is 0 Å². The number of hydrogen-bond acceptors (Lipinski definition) is 1. The Kier molecular flexibility index (Phi) is 14.6. The van der Waals surface area contributed by atoms with Gasteiger partial charge in [0.2, 0.25) is 0 Å². The van der Waals surface area contributed by atoms with Crippen molar-refractivity contribution in [3.63, 3.8) is 0 Å². The van der Waals surface area contributed by atoms with Crippen LogP contribution in [0.1, 0.15) is 33.6 Å². The first-order valence-corrected chi connectivity index (χ1v) is 7.78. The monoisotopic (exact) mass is 398 g/mol. The maximum atomic E-state index is 4.39. The van der Waals surface area contributed by atoms with Gasteiger partial charge < -0.3 is 24.8 Å². The van der Waals surface area contributed by atoms with E-state index in [2.05, 4.69) is 56.1 Å². The fourth-order valence-corrected chi connectivity index (χ4v) is 1.54. The Balaban J connectivity index is 0. The van der Waals surface area contributed by atoms with Crippen molar-refractivity contribution in [1.82, 2.24) is 0 Å². The van der Waals surface area contributed by atoms with E-state index in [0.29, 0.717) is 0 Å². The predicted octanol–water partition coefficient (Wildman–Crippen LogP) is -1.71. The Morgan fingerprint density at radius 2 is 1.95 bits per heavy atom. The normalized spacial score (nSPS) is 15.2. The van der Waals surface area contributed by atoms with Gasteiger partial charge in [-0.15, -0.1) is 6.42 Å². The Labute approximate surface area is 155 Å². The summed E-state index contributed by atoms with van der Waals surface area (Å²) < 4.78 is 1.51. The van der Waals surface area contributed by atoms with Crippen molar-refractivity contribution in [3.8, 4) is 0 Å². The van der Waals surface area contributed by atoms with Crippen LogP contribution in [-0.4, -0.2) is 8.92 Å². The fraction of sp³-hybridized carbons (Fsp3) is 0.294. The van der Waals surface area contributed by atoms with Crippen LogP contribution in [0.25, 0.3) is 0 Å². The number of rotatable bonds is 1. The zero-order chi connectivity index (χ0) is 14.1. The average molecular weight is 400 g/mol. The molecule has 1 heterocycles. The second kappa shape index (κ2) is 13.4. The van der Waals surface area contributed by atoms with Crippen molar-refractivity contribution in [1.29, 1.82) is 0 Å². The van der Waals surface area contributed by atoms with Crippen molar-refractivity contribution >= 4 is 8.92 Å². The van der Waals surface area contributed by atoms with Gasteiger partial charge in [0.15, 0.2) is 0 Å². The van der Waals surface area contributed by atoms with Crippen molar-refractivity contribution in [3.05, 3.63) is 59.9 Å². The van der Waals surface area contributed by atoms with Gasteiger partial charge in [0.25, 0.3) is 0 Å². The largest absolute Gasteiger partial charge is 1.00 e. The molecule has 0 radical (unpaired) electrons. The van der Waals surface area contributed by atoms with Gasteiger partial charge in [0.05, 0.1) is 5.70 Å². The Hall–Kier alpha value is -0.297. The van der Waals surface area contributed by atoms with Gasteiger partial charge in [-0.05, 0) is 18.6 Å². The third-order valence-corrected chi connectivity index (χ3v) is 2.36. The van der Waals surface area contributed by atoms with Crippen molar-refractivity contribution < 1.29 is 49.0 Å². The molecule has 0 amide bonds. The first-order chi connectivity index (χ1) is 9.13. The minimum atomic E-state index is 0. The molecule has 0 saturated carbocycles. The molecule has 0 atom stereocenters. The van der Waals surface area contributed by atoms with Crippen molar-refractivity contribution in [2.45, 2.75) is 33.6 Å². The molecular weight excluding hydrogens is 380 g/mol. The summed E-state index contributed by atoms with van der Waals surface area (Å²) in [5.41, 5.74) is 3.61. The van der Waals surface area contributed by atoms with Crippen LogP contribution in [-0.2, 0) is 24.2 Å². The van der Waals surface area contributed by atoms with E-state index < -0.39 is 0 Å². The van der Waals surface area contributed by atoms with Crippen LogP contribution in [0.15, 0.2) is 58.8 Å². The second-order valence-corrected chi connectivity index (χ2v) is 6.93. The first-order valence-electron chi connectivity index (χ1n) is 6.55. The summed E-state index contributed by atoms with van der Waals surface area (Å²) in [5.74, 6) is 0. The van der Waals surface area contributed by atoms with Crippen LogP contribution in [0.2, 0.25) is 0 Å². The molecule has 3 aliphatic rings. The predicted molar refractivity (Wildman–Crippen MR) is 81.0 cm³/mol. The standard InChI is InChI=1S/C9H9N.C5H5.C3H6.2ClH.Zr/c1-2-8-6-7-4-3-5-9(7)10-8;1-2-4-5-3-1;1-3-2;;;/h3-6H,2H2,1H3;1-3H,4H2;1-2H3;2*1H;/q;-1;;;;+2/p-2. The summed E-state index contributed by atoms with van der Waals surface area (Å²) in [5, 5.41) is 0. The molecule has 0 aromatic heterocycles. The average Bonchev–Trinajstić information content (AvgIpc) is 3.07. The molecule has 2 aliphatic carbocycles. The van der Waals surface area contributed by atoms with Gasteiger partial charge in [-0.2, -0.15) is 6.08 Å². The number of hydrogen-bond donors (Lipinski definition) is 0. The van der Waals surface area contributed by atoms with Gasteiger partial charge in [-0.25, -0.2) is 12.2 Å². The molecule has 0 fully saturated rings. The molecule has 0 spiro atoms. The summed E-state index contributed by atoms with van der Waals surface area (Å²) in [6, 6.07) is 0. The van der Waals surface area contributed by atoms with Gasteiger partial charge in [0.1, 0.15) is 0 Å². The van der Waals surface area contributed by atoms with Crippen LogP contribution >= 0.6 is 0 Å². The van der Waals surface area contributed by atoms with E-state index in [9.17, 15) is 0 Å². The zero-order valence-corrected chi connectivity index (χ0v) is 16.6. The Morgan fingerprint density at radius 3 is 2.33 bits per heavy atom. The number of halogens is 2. The van der Waals surface area contributed by atoms with Crippen LogP contribution in [0, 0.1) is 6.08 Å². The maximum Gasteiger partial charge on any atom is -0.109 e. The Bertz CT molecular complexity index is 495. The van der Waals surface area contributed by atoms with Crippen LogP contribution in [0.3, 0.4) is 0 Å². The molecule has 0 unspecified atom stereocenters. The quantitative estimate of drug-likeness (QED) is 0.465. The SMILES string of the molecule is CCC1=NC2=CC=CC2=C1.C[C](C)=[Zr+2].[C-]1=CC=CC1.[Cl-].[Cl-]. The summed E-state index contributed by atoms with van der Waals surface area (Å²) >= 11 is 1.55. The number of nitrogens with zero attached hydrogens (tertiary/aromatic N) is 1. The van der Waals surface area contributed by atoms with Gasteiger partial charge in [-0.3, -0.25) is 11.1 Å². The fourth-order valence-electron chi connectivity index (χ4n) is 1.54. The molecule has 0 bridgehead atoms. The molecular formula is C17H20Cl2NZr-. The molecule has 0 aromatic rings. The molecule has 0 aromatic carbocycles. The van der Waals surface area contributed by atoms with Crippen LogP contribution in [0.5, 0.6) is 0 Å². The molecule has 3 rings (SSSR count). The smallest absolute Gasteiger partial charge is 0.109 e. The van der Waals surface area contributed by atoms with E-state index in [-0.39, 0.29) is 24.8 Å². The number of fused-ring (bicyclic) bond motifs is 1. The molecule has 0 saturated heterocycles. The summed E-state index contributed by atoms with van der Waals surface area (Å²) in [6.45, 7) is 6.37. The second-order valence-electron chi connectivity index (χ2n) is 4.47. The number of allylic oxidation sites excluding steroid dienone is 8. The summed E-state index contributed by atoms with van der Waals surface area (Å²) in [6.07, 6.45) is 19.4. The molecule has 21 heavy (non-hydrogen) atoms. The molecule has 4 heteroatoms. The van der Waals surface area contributed by atoms with Gasteiger partial charge in [0, 0.05) is 11.3 Å². The third-order valence-electron chi connectivity index (χ3n) is 2.36. The molecule has 0 N–H and O–H groups in total. The zero-order valence-electron chi connectivity index (χ0n) is 12.7. The Morgan fingerprint density at radius 1 is 1.29 bits per heavy atom. The van der Waals surface area contributed by atoms with Gasteiger partial charge >= 0.3 is 41.3 Å². The van der Waals surface area contributed by atoms with Gasteiger partial charge in [-0.1, -0.05) is 19.1 Å². The summed E-state index contributed by atoms with van der Waals surface area (Å²) in [7, 11) is 0. The van der Waals surface area contributed by atoms with Crippen molar-refractivity contribution in [2.75, 3.05) is 0 Å². The van der Waals surface area contributed by atoms with E-state index in [4.69, 9.17) is 0 Å². The van der Waals surface area contributed by atoms with E-state index in [1.165, 1.54) is 14.5 Å². The minimum absolute atomic E-state index is 0. The molecule has 1 aliphatic heterocycles. The maximum absolute atomic E-state index is 4.39. The van der Waals surface area contributed by atoms with Crippen molar-refractivity contribution in [2.24, 2.45) is 4.99 Å². The van der Waals surface area contributed by atoms with E-state index in [1.54, 1.807) is 24.2 Å². The number of aliphatic imine (C=N–C) groups is 1. The van der Waals surface area contributed by atoms with E-state index in [0.717, 1.165) is 18.5 Å². The van der Waals surface area contributed by atoms with E-state index >= 15 is 0 Å². The van der Waals surface area contributed by atoms with Crippen LogP contribution < -0.4 is 24.8 Å². The third kappa shape index (κ3) is 10.1. The minimum Gasteiger partial charge on any atom is -1.00 e. The first kappa shape index (κ1) is 23.0. The summed E-state index contributed by atoms with van der Waals surface area (Å²) in [4.78, 5) is 4.39. The van der Waals surface area contributed by atoms with E-state index in [1.807, 2.05) is 18.2 Å². The molecule has 1 nitrogen and oxygen atoms in total.